The molecule has 108 valence electrons. The average molecular weight is 289 g/mol. The molecule has 0 amide bonds. The van der Waals surface area contributed by atoms with Gasteiger partial charge in [-0.25, -0.2) is 9.97 Å². The Labute approximate surface area is 125 Å². The van der Waals surface area contributed by atoms with Gasteiger partial charge in [-0.2, -0.15) is 0 Å². The van der Waals surface area contributed by atoms with Gasteiger partial charge in [-0.1, -0.05) is 50.6 Å². The molecule has 2 aromatic rings. The van der Waals surface area contributed by atoms with E-state index in [-0.39, 0.29) is 0 Å². The van der Waals surface area contributed by atoms with Gasteiger partial charge in [0.15, 0.2) is 5.16 Å². The summed E-state index contributed by atoms with van der Waals surface area (Å²) in [5, 5.41) is 5.45. The van der Waals surface area contributed by atoms with Gasteiger partial charge in [0.2, 0.25) is 0 Å². The molecule has 0 fully saturated rings. The number of aromatic nitrogens is 2. The summed E-state index contributed by atoms with van der Waals surface area (Å²) >= 11 is 1.75. The van der Waals surface area contributed by atoms with Gasteiger partial charge in [-0.15, -0.1) is 0 Å². The van der Waals surface area contributed by atoms with Crippen molar-refractivity contribution in [2.75, 3.05) is 17.6 Å². The van der Waals surface area contributed by atoms with Gasteiger partial charge >= 0.3 is 0 Å². The van der Waals surface area contributed by atoms with Crippen LogP contribution in [-0.4, -0.2) is 22.3 Å². The van der Waals surface area contributed by atoms with Gasteiger partial charge in [-0.3, -0.25) is 0 Å². The summed E-state index contributed by atoms with van der Waals surface area (Å²) in [6.07, 6.45) is 4.77. The molecule has 0 aliphatic heterocycles. The summed E-state index contributed by atoms with van der Waals surface area (Å²) in [4.78, 5) is 9.33. The molecule has 0 aliphatic carbocycles. The molecular weight excluding hydrogens is 266 g/mol. The monoisotopic (exact) mass is 289 g/mol. The maximum Gasteiger partial charge on any atom is 0.190 e. The normalized spacial score (nSPS) is 10.9. The summed E-state index contributed by atoms with van der Waals surface area (Å²) in [6.45, 7) is 5.38. The minimum absolute atomic E-state index is 0.885. The SMILES string of the molecule is CCCCNc1nc(SCCCC)nc2ccccc12. The van der Waals surface area contributed by atoms with Crippen molar-refractivity contribution in [3.63, 3.8) is 0 Å². The zero-order valence-electron chi connectivity index (χ0n) is 12.4. The Morgan fingerprint density at radius 2 is 1.85 bits per heavy atom. The molecule has 0 saturated heterocycles. The molecule has 0 spiro atoms. The molecule has 0 bridgehead atoms. The van der Waals surface area contributed by atoms with Crippen molar-refractivity contribution in [2.45, 2.75) is 44.7 Å². The highest BCUT2D eigenvalue weighted by Gasteiger charge is 2.07. The molecule has 0 radical (unpaired) electrons. The quantitative estimate of drug-likeness (QED) is 0.433. The van der Waals surface area contributed by atoms with Crippen LogP contribution in [0.4, 0.5) is 5.82 Å². The second-order valence-corrected chi connectivity index (χ2v) is 5.92. The molecule has 0 unspecified atom stereocenters. The van der Waals surface area contributed by atoms with Crippen LogP contribution in [0.2, 0.25) is 0 Å². The number of anilines is 1. The first-order valence-electron chi connectivity index (χ1n) is 7.48. The van der Waals surface area contributed by atoms with Crippen LogP contribution in [0.15, 0.2) is 29.4 Å². The maximum absolute atomic E-state index is 4.69. The lowest BCUT2D eigenvalue weighted by Gasteiger charge is -2.10. The third kappa shape index (κ3) is 4.10. The molecule has 20 heavy (non-hydrogen) atoms. The van der Waals surface area contributed by atoms with Gasteiger partial charge in [0.25, 0.3) is 0 Å². The van der Waals surface area contributed by atoms with Crippen molar-refractivity contribution >= 4 is 28.5 Å². The highest BCUT2D eigenvalue weighted by atomic mass is 32.2. The van der Waals surface area contributed by atoms with Crippen LogP contribution in [0, 0.1) is 0 Å². The molecule has 0 aliphatic rings. The van der Waals surface area contributed by atoms with Crippen molar-refractivity contribution in [1.29, 1.82) is 0 Å². The summed E-state index contributed by atoms with van der Waals surface area (Å²) in [7, 11) is 0. The molecule has 1 heterocycles. The second kappa shape index (κ2) is 8.10. The zero-order valence-corrected chi connectivity index (χ0v) is 13.2. The number of thioether (sulfide) groups is 1. The van der Waals surface area contributed by atoms with Crippen molar-refractivity contribution in [3.05, 3.63) is 24.3 Å². The fourth-order valence-corrected chi connectivity index (χ4v) is 2.88. The Kier molecular flexibility index (Phi) is 6.12. The van der Waals surface area contributed by atoms with Gasteiger partial charge in [-0.05, 0) is 25.0 Å². The van der Waals surface area contributed by atoms with Crippen molar-refractivity contribution < 1.29 is 0 Å². The number of nitrogens with zero attached hydrogens (tertiary/aromatic N) is 2. The highest BCUT2D eigenvalue weighted by Crippen LogP contribution is 2.24. The Morgan fingerprint density at radius 1 is 1.05 bits per heavy atom. The van der Waals surface area contributed by atoms with Crippen molar-refractivity contribution in [3.8, 4) is 0 Å². The Bertz CT molecular complexity index is 542. The topological polar surface area (TPSA) is 37.8 Å². The zero-order chi connectivity index (χ0) is 14.2. The number of hydrogen-bond acceptors (Lipinski definition) is 4. The van der Waals surface area contributed by atoms with E-state index in [1.54, 1.807) is 11.8 Å². The predicted molar refractivity (Wildman–Crippen MR) is 88.6 cm³/mol. The number of unbranched alkanes of at least 4 members (excludes halogenated alkanes) is 2. The van der Waals surface area contributed by atoms with E-state index in [4.69, 9.17) is 0 Å². The van der Waals surface area contributed by atoms with Crippen LogP contribution in [0.1, 0.15) is 39.5 Å². The van der Waals surface area contributed by atoms with E-state index in [9.17, 15) is 0 Å². The third-order valence-corrected chi connectivity index (χ3v) is 4.07. The van der Waals surface area contributed by atoms with E-state index < -0.39 is 0 Å². The second-order valence-electron chi connectivity index (χ2n) is 4.85. The van der Waals surface area contributed by atoms with E-state index in [0.717, 1.165) is 40.6 Å². The Morgan fingerprint density at radius 3 is 2.65 bits per heavy atom. The lowest BCUT2D eigenvalue weighted by Crippen LogP contribution is -2.05. The Hall–Kier alpha value is -1.29. The smallest absolute Gasteiger partial charge is 0.190 e. The van der Waals surface area contributed by atoms with Crippen LogP contribution in [0.3, 0.4) is 0 Å². The number of fused-ring (bicyclic) bond motifs is 1. The van der Waals surface area contributed by atoms with E-state index in [2.05, 4.69) is 41.3 Å². The van der Waals surface area contributed by atoms with Gasteiger partial charge < -0.3 is 5.32 Å². The van der Waals surface area contributed by atoms with Crippen molar-refractivity contribution in [2.24, 2.45) is 0 Å². The number of nitrogens with one attached hydrogen (secondary N) is 1. The molecule has 2 rings (SSSR count). The van der Waals surface area contributed by atoms with Gasteiger partial charge in [0, 0.05) is 17.7 Å². The lowest BCUT2D eigenvalue weighted by atomic mass is 10.2. The van der Waals surface area contributed by atoms with Crippen LogP contribution in [0.5, 0.6) is 0 Å². The predicted octanol–water partition coefficient (Wildman–Crippen LogP) is 4.73. The van der Waals surface area contributed by atoms with E-state index in [1.807, 2.05) is 12.1 Å². The summed E-state index contributed by atoms with van der Waals surface area (Å²) < 4.78 is 0. The molecular formula is C16H23N3S. The van der Waals surface area contributed by atoms with Crippen LogP contribution in [0.25, 0.3) is 10.9 Å². The fourth-order valence-electron chi connectivity index (χ4n) is 1.95. The first kappa shape index (κ1) is 15.1. The van der Waals surface area contributed by atoms with E-state index in [0.29, 0.717) is 0 Å². The molecule has 4 heteroatoms. The first-order chi connectivity index (χ1) is 9.85. The molecule has 3 nitrogen and oxygen atoms in total. The number of hydrogen-bond donors (Lipinski definition) is 1. The van der Waals surface area contributed by atoms with Crippen LogP contribution in [-0.2, 0) is 0 Å². The number of benzene rings is 1. The fraction of sp³-hybridized carbons (Fsp3) is 0.500. The minimum atomic E-state index is 0.885. The number of para-hydroxylation sites is 1. The van der Waals surface area contributed by atoms with Gasteiger partial charge in [0.05, 0.1) is 5.52 Å². The largest absolute Gasteiger partial charge is 0.369 e. The standard InChI is InChI=1S/C16H23N3S/c1-3-5-11-17-15-13-9-7-8-10-14(13)18-16(19-15)20-12-6-4-2/h7-10H,3-6,11-12H2,1-2H3,(H,17,18,19). The molecule has 1 aromatic heterocycles. The molecule has 1 N–H and O–H groups in total. The molecule has 0 atom stereocenters. The summed E-state index contributed by atoms with van der Waals surface area (Å²) in [5.74, 6) is 2.06. The lowest BCUT2D eigenvalue weighted by molar-refractivity contribution is 0.828. The van der Waals surface area contributed by atoms with Gasteiger partial charge in [0.1, 0.15) is 5.82 Å². The Balaban J connectivity index is 2.21. The van der Waals surface area contributed by atoms with Crippen molar-refractivity contribution in [1.82, 2.24) is 9.97 Å². The minimum Gasteiger partial charge on any atom is -0.369 e. The average Bonchev–Trinajstić information content (AvgIpc) is 2.48. The van der Waals surface area contributed by atoms with E-state index in [1.165, 1.54) is 19.3 Å². The first-order valence-corrected chi connectivity index (χ1v) is 8.47. The number of rotatable bonds is 8. The summed E-state index contributed by atoms with van der Waals surface area (Å²) in [5.41, 5.74) is 1.03. The summed E-state index contributed by atoms with van der Waals surface area (Å²) in [6, 6.07) is 8.22. The van der Waals surface area contributed by atoms with E-state index >= 15 is 0 Å². The molecule has 0 saturated carbocycles. The van der Waals surface area contributed by atoms with Crippen LogP contribution >= 0.6 is 11.8 Å². The third-order valence-electron chi connectivity index (χ3n) is 3.13. The van der Waals surface area contributed by atoms with Crippen LogP contribution < -0.4 is 5.32 Å². The maximum atomic E-state index is 4.69. The highest BCUT2D eigenvalue weighted by molar-refractivity contribution is 7.99. The molecule has 1 aromatic carbocycles.